The Morgan fingerprint density at radius 3 is 2.90 bits per heavy atom. The molecule has 2 heterocycles. The van der Waals surface area contributed by atoms with Gasteiger partial charge in [-0.15, -0.1) is 11.6 Å². The van der Waals surface area contributed by atoms with E-state index in [2.05, 4.69) is 30.3 Å². The first-order valence-corrected chi connectivity index (χ1v) is 8.05. The third-order valence-corrected chi connectivity index (χ3v) is 5.21. The Balaban J connectivity index is 2.16. The molecule has 3 nitrogen and oxygen atoms in total. The van der Waals surface area contributed by atoms with E-state index < -0.39 is 0 Å². The second-order valence-electron chi connectivity index (χ2n) is 6.17. The highest BCUT2D eigenvalue weighted by Crippen LogP contribution is 2.40. The monoisotopic (exact) mass is 291 g/mol. The number of nitrogens with zero attached hydrogens (tertiary/aromatic N) is 3. The van der Waals surface area contributed by atoms with Crippen LogP contribution in [0.25, 0.3) is 11.2 Å². The largest absolute Gasteiger partial charge is 0.308 e. The van der Waals surface area contributed by atoms with Crippen LogP contribution in [0.1, 0.15) is 50.5 Å². The van der Waals surface area contributed by atoms with Crippen LogP contribution in [0.5, 0.6) is 0 Å². The average molecular weight is 292 g/mol. The lowest BCUT2D eigenvalue weighted by Gasteiger charge is -2.35. The molecule has 0 aromatic carbocycles. The SMILES string of the molecule is Cc1ccnc2c1nc(CCl)n2C1CCCC(C)C1C. The number of aromatic nitrogens is 3. The summed E-state index contributed by atoms with van der Waals surface area (Å²) in [7, 11) is 0. The highest BCUT2D eigenvalue weighted by atomic mass is 35.5. The molecule has 108 valence electrons. The molecule has 0 saturated heterocycles. The van der Waals surface area contributed by atoms with Crippen LogP contribution in [0.15, 0.2) is 12.3 Å². The minimum absolute atomic E-state index is 0.452. The van der Waals surface area contributed by atoms with Gasteiger partial charge in [0.1, 0.15) is 11.3 Å². The number of fused-ring (bicyclic) bond motifs is 1. The molecule has 0 bridgehead atoms. The zero-order chi connectivity index (χ0) is 14.3. The molecule has 0 N–H and O–H groups in total. The van der Waals surface area contributed by atoms with E-state index in [1.54, 1.807) is 0 Å². The van der Waals surface area contributed by atoms with E-state index in [-0.39, 0.29) is 0 Å². The number of halogens is 1. The fourth-order valence-corrected chi connectivity index (χ4v) is 3.71. The van der Waals surface area contributed by atoms with Gasteiger partial charge in [-0.2, -0.15) is 0 Å². The summed E-state index contributed by atoms with van der Waals surface area (Å²) in [6, 6.07) is 2.50. The second-order valence-corrected chi connectivity index (χ2v) is 6.43. The second kappa shape index (κ2) is 5.36. The van der Waals surface area contributed by atoms with Gasteiger partial charge in [0.2, 0.25) is 0 Å². The highest BCUT2D eigenvalue weighted by molar-refractivity contribution is 6.16. The average Bonchev–Trinajstić information content (AvgIpc) is 2.82. The molecule has 4 heteroatoms. The van der Waals surface area contributed by atoms with E-state index >= 15 is 0 Å². The van der Waals surface area contributed by atoms with Crippen LogP contribution in [0.3, 0.4) is 0 Å². The maximum Gasteiger partial charge on any atom is 0.160 e. The van der Waals surface area contributed by atoms with Crippen molar-refractivity contribution in [2.45, 2.75) is 52.0 Å². The molecule has 3 atom stereocenters. The molecule has 2 aromatic rings. The van der Waals surface area contributed by atoms with Crippen molar-refractivity contribution in [2.24, 2.45) is 11.8 Å². The van der Waals surface area contributed by atoms with Gasteiger partial charge >= 0.3 is 0 Å². The Kier molecular flexibility index (Phi) is 3.72. The Hall–Kier alpha value is -1.09. The fraction of sp³-hybridized carbons (Fsp3) is 0.625. The number of rotatable bonds is 2. The molecule has 0 amide bonds. The van der Waals surface area contributed by atoms with Gasteiger partial charge in [0.15, 0.2) is 5.65 Å². The summed E-state index contributed by atoms with van der Waals surface area (Å²) in [4.78, 5) is 9.32. The van der Waals surface area contributed by atoms with Crippen molar-refractivity contribution in [1.29, 1.82) is 0 Å². The molecule has 0 radical (unpaired) electrons. The molecule has 1 aliphatic rings. The summed E-state index contributed by atoms with van der Waals surface area (Å²) < 4.78 is 2.32. The highest BCUT2D eigenvalue weighted by Gasteiger charge is 2.31. The first-order valence-electron chi connectivity index (χ1n) is 7.52. The first-order chi connectivity index (χ1) is 9.63. The molecule has 0 aliphatic heterocycles. The van der Waals surface area contributed by atoms with Crippen LogP contribution < -0.4 is 0 Å². The predicted octanol–water partition coefficient (Wildman–Crippen LogP) is 4.48. The zero-order valence-electron chi connectivity index (χ0n) is 12.4. The van der Waals surface area contributed by atoms with Gasteiger partial charge in [-0.1, -0.05) is 26.7 Å². The van der Waals surface area contributed by atoms with Crippen molar-refractivity contribution in [2.75, 3.05) is 0 Å². The van der Waals surface area contributed by atoms with Crippen LogP contribution in [0.2, 0.25) is 0 Å². The summed E-state index contributed by atoms with van der Waals surface area (Å²) in [6.45, 7) is 6.80. The van der Waals surface area contributed by atoms with Crippen LogP contribution in [-0.2, 0) is 5.88 Å². The molecule has 0 spiro atoms. The number of hydrogen-bond acceptors (Lipinski definition) is 2. The normalized spacial score (nSPS) is 27.1. The lowest BCUT2D eigenvalue weighted by molar-refractivity contribution is 0.187. The van der Waals surface area contributed by atoms with Crippen molar-refractivity contribution in [3.05, 3.63) is 23.7 Å². The number of imidazole rings is 1. The quantitative estimate of drug-likeness (QED) is 0.764. The molecule has 2 aromatic heterocycles. The summed E-state index contributed by atoms with van der Waals surface area (Å²) in [6.07, 6.45) is 5.69. The van der Waals surface area contributed by atoms with Gasteiger partial charge in [0, 0.05) is 12.2 Å². The number of aryl methyl sites for hydroxylation is 1. The summed E-state index contributed by atoms with van der Waals surface area (Å²) >= 11 is 6.15. The minimum atomic E-state index is 0.452. The van der Waals surface area contributed by atoms with Crippen molar-refractivity contribution in [1.82, 2.24) is 14.5 Å². The van der Waals surface area contributed by atoms with Crippen LogP contribution in [-0.4, -0.2) is 14.5 Å². The lowest BCUT2D eigenvalue weighted by atomic mass is 9.78. The van der Waals surface area contributed by atoms with E-state index in [1.165, 1.54) is 24.8 Å². The summed E-state index contributed by atoms with van der Waals surface area (Å²) in [5.74, 6) is 2.81. The zero-order valence-corrected chi connectivity index (χ0v) is 13.2. The number of alkyl halides is 1. The van der Waals surface area contributed by atoms with Gasteiger partial charge in [0.25, 0.3) is 0 Å². The van der Waals surface area contributed by atoms with E-state index in [4.69, 9.17) is 16.6 Å². The standard InChI is InChI=1S/C16H22ClN3/c1-10-5-4-6-13(12(10)3)20-14(9-17)19-15-11(2)7-8-18-16(15)20/h7-8,10,12-13H,4-6,9H2,1-3H3. The van der Waals surface area contributed by atoms with Gasteiger partial charge < -0.3 is 4.57 Å². The van der Waals surface area contributed by atoms with E-state index in [0.29, 0.717) is 17.8 Å². The van der Waals surface area contributed by atoms with Crippen molar-refractivity contribution < 1.29 is 0 Å². The summed E-state index contributed by atoms with van der Waals surface area (Å²) in [5.41, 5.74) is 3.19. The van der Waals surface area contributed by atoms with Crippen molar-refractivity contribution in [3.63, 3.8) is 0 Å². The molecule has 3 unspecified atom stereocenters. The molecule has 1 aliphatic carbocycles. The van der Waals surface area contributed by atoms with E-state index in [1.807, 2.05) is 12.3 Å². The molecule has 3 rings (SSSR count). The van der Waals surface area contributed by atoms with E-state index in [0.717, 1.165) is 22.9 Å². The first kappa shape index (κ1) is 13.9. The van der Waals surface area contributed by atoms with Crippen LogP contribution >= 0.6 is 11.6 Å². The van der Waals surface area contributed by atoms with E-state index in [9.17, 15) is 0 Å². The smallest absolute Gasteiger partial charge is 0.160 e. The minimum Gasteiger partial charge on any atom is -0.308 e. The van der Waals surface area contributed by atoms with Gasteiger partial charge in [0.05, 0.1) is 5.88 Å². The predicted molar refractivity (Wildman–Crippen MR) is 83.0 cm³/mol. The number of pyridine rings is 1. The molecule has 1 fully saturated rings. The van der Waals surface area contributed by atoms with Crippen molar-refractivity contribution in [3.8, 4) is 0 Å². The van der Waals surface area contributed by atoms with Crippen LogP contribution in [0, 0.1) is 18.8 Å². The topological polar surface area (TPSA) is 30.7 Å². The van der Waals surface area contributed by atoms with Gasteiger partial charge in [-0.3, -0.25) is 0 Å². The maximum atomic E-state index is 6.15. The van der Waals surface area contributed by atoms with Gasteiger partial charge in [-0.25, -0.2) is 9.97 Å². The third-order valence-electron chi connectivity index (χ3n) is 4.97. The van der Waals surface area contributed by atoms with Gasteiger partial charge in [-0.05, 0) is 36.8 Å². The third kappa shape index (κ3) is 2.12. The molecule has 1 saturated carbocycles. The van der Waals surface area contributed by atoms with Crippen LogP contribution in [0.4, 0.5) is 0 Å². The maximum absolute atomic E-state index is 6.15. The Morgan fingerprint density at radius 1 is 1.35 bits per heavy atom. The number of hydrogen-bond donors (Lipinski definition) is 0. The Morgan fingerprint density at radius 2 is 2.15 bits per heavy atom. The molecular formula is C16H22ClN3. The summed E-state index contributed by atoms with van der Waals surface area (Å²) in [5, 5.41) is 0. The van der Waals surface area contributed by atoms with Crippen molar-refractivity contribution >= 4 is 22.8 Å². The fourth-order valence-electron chi connectivity index (χ4n) is 3.52. The lowest BCUT2D eigenvalue weighted by Crippen LogP contribution is -2.28. The Bertz CT molecular complexity index is 619. The Labute approximate surface area is 125 Å². The molecular weight excluding hydrogens is 270 g/mol. The molecule has 20 heavy (non-hydrogen) atoms.